The maximum atomic E-state index is 13.5. The summed E-state index contributed by atoms with van der Waals surface area (Å²) in [6.07, 6.45) is -0.232. The van der Waals surface area contributed by atoms with Crippen LogP contribution in [0.2, 0.25) is 0 Å². The second-order valence-electron chi connectivity index (χ2n) is 8.56. The Morgan fingerprint density at radius 2 is 2.03 bits per heavy atom. The Morgan fingerprint density at radius 3 is 2.54 bits per heavy atom. The van der Waals surface area contributed by atoms with Gasteiger partial charge < -0.3 is 9.47 Å². The molecule has 3 aromatic rings. The Hall–Kier alpha value is -3.46. The number of carbonyl (C=O) groups excluding carboxylic acids is 1. The maximum absolute atomic E-state index is 13.5. The van der Waals surface area contributed by atoms with E-state index in [4.69, 9.17) is 0 Å². The van der Waals surface area contributed by atoms with E-state index in [1.165, 1.54) is 30.2 Å². The van der Waals surface area contributed by atoms with Crippen molar-refractivity contribution in [2.24, 2.45) is 7.05 Å². The van der Waals surface area contributed by atoms with Gasteiger partial charge in [-0.3, -0.25) is 9.00 Å². The number of fused-ring (bicyclic) bond motifs is 1. The largest absolute Gasteiger partial charge is 0.431 e. The maximum Gasteiger partial charge on any atom is 0.431 e. The zero-order chi connectivity index (χ0) is 25.7. The second-order valence-corrected chi connectivity index (χ2v) is 10.2. The minimum atomic E-state index is -4.66. The molecule has 1 aliphatic carbocycles. The molecule has 0 N–H and O–H groups in total. The number of rotatable bonds is 7. The van der Waals surface area contributed by atoms with Gasteiger partial charge in [0.1, 0.15) is 17.1 Å². The summed E-state index contributed by atoms with van der Waals surface area (Å²) in [6, 6.07) is 5.88. The fraction of sp³-hybridized carbons (Fsp3) is 0.391. The van der Waals surface area contributed by atoms with Crippen LogP contribution in [0.25, 0.3) is 23.1 Å². The number of carbonyl (C=O) groups is 1. The summed E-state index contributed by atoms with van der Waals surface area (Å²) in [6.45, 7) is 1.74. The number of halogens is 3. The van der Waals surface area contributed by atoms with E-state index in [-0.39, 0.29) is 28.7 Å². The first-order chi connectivity index (χ1) is 16.5. The zero-order valence-electron chi connectivity index (χ0n) is 19.5. The molecule has 35 heavy (non-hydrogen) atoms. The summed E-state index contributed by atoms with van der Waals surface area (Å²) in [5.41, 5.74) is -0.262. The fourth-order valence-electron chi connectivity index (χ4n) is 4.00. The molecule has 0 aliphatic heterocycles. The van der Waals surface area contributed by atoms with Gasteiger partial charge in [-0.2, -0.15) is 23.5 Å². The average Bonchev–Trinajstić information content (AvgIpc) is 3.42. The van der Waals surface area contributed by atoms with Gasteiger partial charge in [-0.1, -0.05) is 13.0 Å². The molecule has 184 valence electrons. The van der Waals surface area contributed by atoms with Gasteiger partial charge in [0.25, 0.3) is 0 Å². The van der Waals surface area contributed by atoms with Crippen LogP contribution in [-0.4, -0.2) is 60.6 Å². The third kappa shape index (κ3) is 4.14. The Labute approximate surface area is 202 Å². The molecule has 0 bridgehead atoms. The average molecular weight is 505 g/mol. The van der Waals surface area contributed by atoms with Crippen LogP contribution in [0.15, 0.2) is 28.9 Å². The third-order valence-corrected chi connectivity index (χ3v) is 7.51. The lowest BCUT2D eigenvalue weighted by molar-refractivity contribution is -0.106. The van der Waals surface area contributed by atoms with E-state index < -0.39 is 28.1 Å². The highest BCUT2D eigenvalue weighted by atomic mass is 32.2. The summed E-state index contributed by atoms with van der Waals surface area (Å²) >= 11 is 0. The monoisotopic (exact) mass is 504 g/mol. The predicted molar refractivity (Wildman–Crippen MR) is 124 cm³/mol. The summed E-state index contributed by atoms with van der Waals surface area (Å²) < 4.78 is 56.5. The van der Waals surface area contributed by atoms with E-state index in [0.29, 0.717) is 16.7 Å². The van der Waals surface area contributed by atoms with Gasteiger partial charge in [-0.05, 0) is 30.5 Å². The number of nitriles is 1. The van der Waals surface area contributed by atoms with Crippen LogP contribution < -0.4 is 0 Å². The molecule has 0 radical (unpaired) electrons. The Balaban J connectivity index is 1.96. The van der Waals surface area contributed by atoms with Gasteiger partial charge >= 0.3 is 6.18 Å². The molecule has 0 saturated heterocycles. The second kappa shape index (κ2) is 8.64. The molecule has 0 spiro atoms. The van der Waals surface area contributed by atoms with Crippen molar-refractivity contribution in [3.63, 3.8) is 0 Å². The van der Waals surface area contributed by atoms with Gasteiger partial charge in [0.15, 0.2) is 12.1 Å². The zero-order valence-corrected chi connectivity index (χ0v) is 20.4. The molecular formula is C23H23F3N6O2S. The number of aldehydes is 1. The molecule has 1 fully saturated rings. The SMILES string of the molecule is CCS(=O)c1c(-c2nc(/C=C(\N(C)C)C(F)(F)F)c(C=O)n2C)nn2cc(C3(C#N)CC3)ccc12. The van der Waals surface area contributed by atoms with Crippen LogP contribution in [0.4, 0.5) is 13.2 Å². The highest BCUT2D eigenvalue weighted by molar-refractivity contribution is 7.85. The minimum absolute atomic E-state index is 0.0732. The number of imidazole rings is 1. The molecule has 1 saturated carbocycles. The van der Waals surface area contributed by atoms with Crippen LogP contribution in [0.3, 0.4) is 0 Å². The Bertz CT molecular complexity index is 1420. The molecular weight excluding hydrogens is 481 g/mol. The highest BCUT2D eigenvalue weighted by Gasteiger charge is 2.45. The number of hydrogen-bond donors (Lipinski definition) is 0. The van der Waals surface area contributed by atoms with Crippen LogP contribution in [-0.2, 0) is 23.3 Å². The molecule has 1 aliphatic rings. The van der Waals surface area contributed by atoms with E-state index >= 15 is 0 Å². The summed E-state index contributed by atoms with van der Waals surface area (Å²) in [5.74, 6) is 0.386. The van der Waals surface area contributed by atoms with Crippen molar-refractivity contribution in [2.75, 3.05) is 19.8 Å². The van der Waals surface area contributed by atoms with Crippen LogP contribution in [0.1, 0.15) is 41.5 Å². The van der Waals surface area contributed by atoms with Crippen molar-refractivity contribution in [3.8, 4) is 17.6 Å². The lowest BCUT2D eigenvalue weighted by atomic mass is 10.00. The van der Waals surface area contributed by atoms with Crippen LogP contribution in [0, 0.1) is 11.3 Å². The molecule has 4 rings (SSSR count). The van der Waals surface area contributed by atoms with Gasteiger partial charge in [0, 0.05) is 33.1 Å². The number of nitrogens with zero attached hydrogens (tertiary/aromatic N) is 6. The summed E-state index contributed by atoms with van der Waals surface area (Å²) in [4.78, 5) is 17.4. The lowest BCUT2D eigenvalue weighted by Crippen LogP contribution is -2.25. The van der Waals surface area contributed by atoms with Crippen molar-refractivity contribution >= 4 is 28.7 Å². The Kier molecular flexibility index (Phi) is 6.09. The molecule has 3 heterocycles. The molecule has 3 aromatic heterocycles. The first-order valence-corrected chi connectivity index (χ1v) is 12.1. The van der Waals surface area contributed by atoms with E-state index in [2.05, 4.69) is 16.2 Å². The summed E-state index contributed by atoms with van der Waals surface area (Å²) in [7, 11) is 2.50. The minimum Gasteiger partial charge on any atom is -0.374 e. The van der Waals surface area contributed by atoms with Gasteiger partial charge in [0.2, 0.25) is 0 Å². The van der Waals surface area contributed by atoms with Crippen molar-refractivity contribution in [3.05, 3.63) is 41.0 Å². The van der Waals surface area contributed by atoms with Crippen LogP contribution >= 0.6 is 0 Å². The first-order valence-electron chi connectivity index (χ1n) is 10.8. The molecule has 1 unspecified atom stereocenters. The van der Waals surface area contributed by atoms with Crippen molar-refractivity contribution in [2.45, 2.75) is 36.3 Å². The van der Waals surface area contributed by atoms with Gasteiger partial charge in [-0.25, -0.2) is 9.50 Å². The Morgan fingerprint density at radius 1 is 1.34 bits per heavy atom. The van der Waals surface area contributed by atoms with E-state index in [9.17, 15) is 27.4 Å². The predicted octanol–water partition coefficient (Wildman–Crippen LogP) is 3.69. The summed E-state index contributed by atoms with van der Waals surface area (Å²) in [5, 5.41) is 14.1. The van der Waals surface area contributed by atoms with Gasteiger partial charge in [0.05, 0.1) is 38.4 Å². The highest BCUT2D eigenvalue weighted by Crippen LogP contribution is 2.47. The number of alkyl halides is 3. The standard InChI is InChI=1S/C23H23F3N6O2S/c1-5-35(34)20-16-7-6-14(22(13-27)8-9-22)11-32(16)29-19(20)21-28-15(17(12-33)31(21)4)10-18(30(2)3)23(24,25)26/h6-7,10-12H,5,8-9H2,1-4H3/b18-10-. The number of hydrogen-bond acceptors (Lipinski definition) is 6. The van der Waals surface area contributed by atoms with E-state index in [1.54, 1.807) is 19.2 Å². The van der Waals surface area contributed by atoms with E-state index in [0.717, 1.165) is 29.4 Å². The van der Waals surface area contributed by atoms with Crippen LogP contribution in [0.5, 0.6) is 0 Å². The quantitative estimate of drug-likeness (QED) is 0.456. The third-order valence-electron chi connectivity index (χ3n) is 6.13. The topological polar surface area (TPSA) is 96.3 Å². The van der Waals surface area contributed by atoms with Gasteiger partial charge in [-0.15, -0.1) is 0 Å². The molecule has 0 aromatic carbocycles. The first kappa shape index (κ1) is 24.7. The molecule has 1 atom stereocenters. The van der Waals surface area contributed by atoms with Crippen molar-refractivity contribution < 1.29 is 22.2 Å². The molecule has 0 amide bonds. The number of pyridine rings is 1. The van der Waals surface area contributed by atoms with Crippen molar-refractivity contribution in [1.82, 2.24) is 24.1 Å². The molecule has 8 nitrogen and oxygen atoms in total. The molecule has 12 heteroatoms. The smallest absolute Gasteiger partial charge is 0.374 e. The lowest BCUT2D eigenvalue weighted by Gasteiger charge is -2.19. The number of allylic oxidation sites excluding steroid dienone is 1. The number of aromatic nitrogens is 4. The van der Waals surface area contributed by atoms with Crippen molar-refractivity contribution in [1.29, 1.82) is 5.26 Å². The van der Waals surface area contributed by atoms with E-state index in [1.807, 2.05) is 6.07 Å². The fourth-order valence-corrected chi connectivity index (χ4v) is 5.03. The normalized spacial score (nSPS) is 16.2.